The van der Waals surface area contributed by atoms with Gasteiger partial charge in [-0.1, -0.05) is 18.7 Å². The second kappa shape index (κ2) is 3.89. The van der Waals surface area contributed by atoms with Gasteiger partial charge in [0.1, 0.15) is 0 Å². The van der Waals surface area contributed by atoms with E-state index < -0.39 is 0 Å². The summed E-state index contributed by atoms with van der Waals surface area (Å²) in [6.45, 7) is 6.39. The van der Waals surface area contributed by atoms with Crippen LogP contribution in [0.4, 0.5) is 5.69 Å². The molecule has 0 N–H and O–H groups in total. The molecular weight excluding hydrogens is 186 g/mol. The number of anilines is 1. The highest BCUT2D eigenvalue weighted by Gasteiger charge is 2.20. The van der Waals surface area contributed by atoms with E-state index in [-0.39, 0.29) is 5.91 Å². The molecule has 0 bridgehead atoms. The molecule has 15 heavy (non-hydrogen) atoms. The van der Waals surface area contributed by atoms with Crippen molar-refractivity contribution in [1.29, 1.82) is 0 Å². The van der Waals surface area contributed by atoms with E-state index in [0.29, 0.717) is 0 Å². The van der Waals surface area contributed by atoms with Crippen LogP contribution in [0.5, 0.6) is 0 Å². The number of aryl methyl sites for hydroxylation is 2. The van der Waals surface area contributed by atoms with Crippen molar-refractivity contribution in [3.05, 3.63) is 42.0 Å². The zero-order valence-electron chi connectivity index (χ0n) is 8.99. The minimum Gasteiger partial charge on any atom is -0.309 e. The van der Waals surface area contributed by atoms with Crippen molar-refractivity contribution in [2.24, 2.45) is 0 Å². The van der Waals surface area contributed by atoms with Crippen LogP contribution in [0.15, 0.2) is 30.9 Å². The first-order valence-corrected chi connectivity index (χ1v) is 5.26. The van der Waals surface area contributed by atoms with E-state index in [4.69, 9.17) is 0 Å². The largest absolute Gasteiger partial charge is 0.309 e. The quantitative estimate of drug-likeness (QED) is 0.639. The Morgan fingerprint density at radius 1 is 1.53 bits per heavy atom. The Kier molecular flexibility index (Phi) is 2.58. The summed E-state index contributed by atoms with van der Waals surface area (Å²) >= 11 is 0. The Labute approximate surface area is 90.2 Å². The summed E-state index contributed by atoms with van der Waals surface area (Å²) in [7, 11) is 0. The van der Waals surface area contributed by atoms with Crippen LogP contribution >= 0.6 is 0 Å². The van der Waals surface area contributed by atoms with Crippen molar-refractivity contribution in [3.63, 3.8) is 0 Å². The lowest BCUT2D eigenvalue weighted by atomic mass is 10.00. The van der Waals surface area contributed by atoms with Gasteiger partial charge in [0, 0.05) is 12.2 Å². The molecule has 2 nitrogen and oxygen atoms in total. The van der Waals surface area contributed by atoms with Gasteiger partial charge in [0.2, 0.25) is 5.91 Å². The van der Waals surface area contributed by atoms with E-state index in [1.165, 1.54) is 17.2 Å². The van der Waals surface area contributed by atoms with Gasteiger partial charge in [-0.05, 0) is 43.0 Å². The van der Waals surface area contributed by atoms with Crippen molar-refractivity contribution >= 4 is 11.6 Å². The van der Waals surface area contributed by atoms with Gasteiger partial charge in [0.25, 0.3) is 0 Å². The van der Waals surface area contributed by atoms with E-state index in [1.807, 2.05) is 11.8 Å². The minimum atomic E-state index is 0.00144. The maximum atomic E-state index is 11.6. The van der Waals surface area contributed by atoms with Gasteiger partial charge in [-0.2, -0.15) is 0 Å². The smallest absolute Gasteiger partial charge is 0.250 e. The highest BCUT2D eigenvalue weighted by atomic mass is 16.2. The molecule has 1 aromatic rings. The lowest BCUT2D eigenvalue weighted by molar-refractivity contribution is -0.114. The number of benzene rings is 1. The molecule has 1 aliphatic heterocycles. The molecule has 0 radical (unpaired) electrons. The van der Waals surface area contributed by atoms with Crippen LogP contribution in [0, 0.1) is 6.92 Å². The maximum absolute atomic E-state index is 11.6. The van der Waals surface area contributed by atoms with Crippen LogP contribution in [0.2, 0.25) is 0 Å². The van der Waals surface area contributed by atoms with Crippen LogP contribution in [0.3, 0.4) is 0 Å². The molecule has 0 atom stereocenters. The molecule has 1 aromatic carbocycles. The lowest BCUT2D eigenvalue weighted by Crippen LogP contribution is -2.34. The summed E-state index contributed by atoms with van der Waals surface area (Å²) in [4.78, 5) is 13.5. The fourth-order valence-electron chi connectivity index (χ4n) is 2.02. The Balaban J connectivity index is 2.44. The number of amides is 1. The second-order valence-corrected chi connectivity index (χ2v) is 3.93. The first-order chi connectivity index (χ1) is 7.22. The Bertz CT molecular complexity index is 409. The van der Waals surface area contributed by atoms with Gasteiger partial charge in [-0.25, -0.2) is 0 Å². The van der Waals surface area contributed by atoms with Crippen molar-refractivity contribution in [3.8, 4) is 0 Å². The number of hydrogen-bond acceptors (Lipinski definition) is 1. The molecular formula is C13H15NO. The number of rotatable bonds is 1. The van der Waals surface area contributed by atoms with Crippen LogP contribution in [0.25, 0.3) is 0 Å². The number of carbonyl (C=O) groups excluding carboxylic acids is 1. The SMILES string of the molecule is C=CC(=O)N1CCCc2ccc(C)cc21. The van der Waals surface area contributed by atoms with Gasteiger partial charge in [0.05, 0.1) is 0 Å². The van der Waals surface area contributed by atoms with E-state index in [1.54, 1.807) is 0 Å². The molecule has 0 fully saturated rings. The Hall–Kier alpha value is -1.57. The van der Waals surface area contributed by atoms with Gasteiger partial charge in [-0.3, -0.25) is 4.79 Å². The number of carbonyl (C=O) groups is 1. The van der Waals surface area contributed by atoms with Gasteiger partial charge < -0.3 is 4.90 Å². The van der Waals surface area contributed by atoms with Crippen LogP contribution < -0.4 is 4.90 Å². The fourth-order valence-corrected chi connectivity index (χ4v) is 2.02. The summed E-state index contributed by atoms with van der Waals surface area (Å²) in [5.41, 5.74) is 3.52. The highest BCUT2D eigenvalue weighted by molar-refractivity contribution is 6.01. The van der Waals surface area contributed by atoms with Crippen LogP contribution in [-0.4, -0.2) is 12.5 Å². The van der Waals surface area contributed by atoms with Crippen LogP contribution in [-0.2, 0) is 11.2 Å². The van der Waals surface area contributed by atoms with Crippen LogP contribution in [0.1, 0.15) is 17.5 Å². The molecule has 0 spiro atoms. The third-order valence-corrected chi connectivity index (χ3v) is 2.80. The van der Waals surface area contributed by atoms with Gasteiger partial charge >= 0.3 is 0 Å². The van der Waals surface area contributed by atoms with Crippen molar-refractivity contribution < 1.29 is 4.79 Å². The Morgan fingerprint density at radius 3 is 3.07 bits per heavy atom. The number of fused-ring (bicyclic) bond motifs is 1. The average molecular weight is 201 g/mol. The topological polar surface area (TPSA) is 20.3 Å². The van der Waals surface area contributed by atoms with Crippen molar-refractivity contribution in [2.75, 3.05) is 11.4 Å². The van der Waals surface area contributed by atoms with E-state index >= 15 is 0 Å². The Morgan fingerprint density at radius 2 is 2.33 bits per heavy atom. The summed E-state index contributed by atoms with van der Waals surface area (Å²) in [6, 6.07) is 6.30. The molecule has 78 valence electrons. The predicted molar refractivity (Wildman–Crippen MR) is 62.1 cm³/mol. The monoisotopic (exact) mass is 201 g/mol. The molecule has 0 saturated carbocycles. The summed E-state index contributed by atoms with van der Waals surface area (Å²) in [5, 5.41) is 0. The molecule has 0 aliphatic carbocycles. The predicted octanol–water partition coefficient (Wildman–Crippen LogP) is 2.46. The average Bonchev–Trinajstić information content (AvgIpc) is 2.27. The molecule has 0 unspecified atom stereocenters. The third-order valence-electron chi connectivity index (χ3n) is 2.80. The summed E-state index contributed by atoms with van der Waals surface area (Å²) in [5.74, 6) is 0.00144. The summed E-state index contributed by atoms with van der Waals surface area (Å²) < 4.78 is 0. The van der Waals surface area contributed by atoms with E-state index in [0.717, 1.165) is 25.1 Å². The standard InChI is InChI=1S/C13H15NO/c1-3-13(15)14-8-4-5-11-7-6-10(2)9-12(11)14/h3,6-7,9H,1,4-5,8H2,2H3. The first kappa shape index (κ1) is 9.97. The second-order valence-electron chi connectivity index (χ2n) is 3.93. The fraction of sp³-hybridized carbons (Fsp3) is 0.308. The van der Waals surface area contributed by atoms with E-state index in [9.17, 15) is 4.79 Å². The number of nitrogens with zero attached hydrogens (tertiary/aromatic N) is 1. The zero-order chi connectivity index (χ0) is 10.8. The molecule has 1 heterocycles. The van der Waals surface area contributed by atoms with Gasteiger partial charge in [0.15, 0.2) is 0 Å². The molecule has 1 amide bonds. The summed E-state index contributed by atoms with van der Waals surface area (Å²) in [6.07, 6.45) is 3.49. The first-order valence-electron chi connectivity index (χ1n) is 5.26. The maximum Gasteiger partial charge on any atom is 0.250 e. The molecule has 2 rings (SSSR count). The minimum absolute atomic E-state index is 0.00144. The molecule has 2 heteroatoms. The third kappa shape index (κ3) is 1.80. The van der Waals surface area contributed by atoms with E-state index in [2.05, 4.69) is 24.8 Å². The highest BCUT2D eigenvalue weighted by Crippen LogP contribution is 2.28. The van der Waals surface area contributed by atoms with Gasteiger partial charge in [-0.15, -0.1) is 0 Å². The van der Waals surface area contributed by atoms with Crippen molar-refractivity contribution in [1.82, 2.24) is 0 Å². The zero-order valence-corrected chi connectivity index (χ0v) is 8.99. The van der Waals surface area contributed by atoms with Crippen molar-refractivity contribution in [2.45, 2.75) is 19.8 Å². The molecule has 0 aromatic heterocycles. The molecule has 1 aliphatic rings. The number of hydrogen-bond donors (Lipinski definition) is 0. The lowest BCUT2D eigenvalue weighted by Gasteiger charge is -2.28. The molecule has 0 saturated heterocycles. The normalized spacial score (nSPS) is 14.6.